The Balaban J connectivity index is 2.10. The SMILES string of the molecule is Cc1cc(C)cc(NC(N)=NCC(c2cccc(F)c2)N(C)C)c1. The van der Waals surface area contributed by atoms with Crippen LogP contribution in [0.5, 0.6) is 0 Å². The van der Waals surface area contributed by atoms with Crippen molar-refractivity contribution in [3.63, 3.8) is 0 Å². The number of halogens is 1. The van der Waals surface area contributed by atoms with Crippen molar-refractivity contribution < 1.29 is 4.39 Å². The Morgan fingerprint density at radius 1 is 1.17 bits per heavy atom. The summed E-state index contributed by atoms with van der Waals surface area (Å²) in [5.41, 5.74) is 10.1. The van der Waals surface area contributed by atoms with Crippen LogP contribution in [0.3, 0.4) is 0 Å². The molecule has 2 aromatic carbocycles. The highest BCUT2D eigenvalue weighted by molar-refractivity contribution is 5.92. The zero-order valence-electron chi connectivity index (χ0n) is 14.7. The van der Waals surface area contributed by atoms with E-state index >= 15 is 0 Å². The standard InChI is InChI=1S/C19H25FN4/c1-13-8-14(2)10-17(9-13)23-19(21)22-12-18(24(3)4)15-6-5-7-16(20)11-15/h5-11,18H,12H2,1-4H3,(H3,21,22,23). The van der Waals surface area contributed by atoms with Gasteiger partial charge in [-0.3, -0.25) is 4.99 Å². The molecule has 2 aromatic rings. The van der Waals surface area contributed by atoms with Gasteiger partial charge in [0.15, 0.2) is 5.96 Å². The molecule has 4 nitrogen and oxygen atoms in total. The first-order valence-corrected chi connectivity index (χ1v) is 7.92. The van der Waals surface area contributed by atoms with Gasteiger partial charge in [-0.2, -0.15) is 0 Å². The lowest BCUT2D eigenvalue weighted by Gasteiger charge is -2.23. The molecule has 3 N–H and O–H groups in total. The van der Waals surface area contributed by atoms with Crippen LogP contribution in [0.25, 0.3) is 0 Å². The fourth-order valence-corrected chi connectivity index (χ4v) is 2.70. The van der Waals surface area contributed by atoms with E-state index in [0.717, 1.165) is 22.4 Å². The summed E-state index contributed by atoms with van der Waals surface area (Å²) in [7, 11) is 3.89. The summed E-state index contributed by atoms with van der Waals surface area (Å²) in [5.74, 6) is 0.105. The minimum atomic E-state index is -0.246. The maximum Gasteiger partial charge on any atom is 0.193 e. The molecule has 0 saturated carbocycles. The molecular weight excluding hydrogens is 303 g/mol. The lowest BCUT2D eigenvalue weighted by atomic mass is 10.1. The number of nitrogens with zero attached hydrogens (tertiary/aromatic N) is 2. The first-order chi connectivity index (χ1) is 11.3. The second kappa shape index (κ2) is 7.93. The van der Waals surface area contributed by atoms with Crippen molar-refractivity contribution in [2.24, 2.45) is 10.7 Å². The Hall–Kier alpha value is -2.40. The summed E-state index contributed by atoms with van der Waals surface area (Å²) in [4.78, 5) is 6.43. The Bertz CT molecular complexity index is 705. The van der Waals surface area contributed by atoms with Crippen LogP contribution in [-0.2, 0) is 0 Å². The molecule has 1 atom stereocenters. The number of likely N-dealkylation sites (N-methyl/N-ethyl adjacent to an activating group) is 1. The number of nitrogens with one attached hydrogen (secondary N) is 1. The van der Waals surface area contributed by atoms with Gasteiger partial charge in [0.05, 0.1) is 12.6 Å². The van der Waals surface area contributed by atoms with E-state index in [1.807, 2.05) is 51.0 Å². The number of rotatable bonds is 5. The van der Waals surface area contributed by atoms with Gasteiger partial charge in [-0.15, -0.1) is 0 Å². The number of hydrogen-bond acceptors (Lipinski definition) is 2. The largest absolute Gasteiger partial charge is 0.370 e. The molecule has 0 aromatic heterocycles. The molecule has 0 amide bonds. The van der Waals surface area contributed by atoms with Crippen molar-refractivity contribution in [2.45, 2.75) is 19.9 Å². The van der Waals surface area contributed by atoms with E-state index in [9.17, 15) is 4.39 Å². The lowest BCUT2D eigenvalue weighted by molar-refractivity contribution is 0.306. The number of guanidine groups is 1. The second-order valence-corrected chi connectivity index (χ2v) is 6.26. The van der Waals surface area contributed by atoms with Gasteiger partial charge >= 0.3 is 0 Å². The third-order valence-electron chi connectivity index (χ3n) is 3.79. The van der Waals surface area contributed by atoms with Crippen LogP contribution in [0.4, 0.5) is 10.1 Å². The number of benzene rings is 2. The van der Waals surface area contributed by atoms with Crippen LogP contribution in [0.2, 0.25) is 0 Å². The molecule has 0 aliphatic heterocycles. The average Bonchev–Trinajstić information content (AvgIpc) is 2.46. The first kappa shape index (κ1) is 17.9. The van der Waals surface area contributed by atoms with Gasteiger partial charge in [0.2, 0.25) is 0 Å². The maximum absolute atomic E-state index is 13.5. The number of nitrogens with two attached hydrogens (primary N) is 1. The quantitative estimate of drug-likeness (QED) is 0.653. The van der Waals surface area contributed by atoms with E-state index in [-0.39, 0.29) is 11.9 Å². The van der Waals surface area contributed by atoms with Crippen molar-refractivity contribution in [3.8, 4) is 0 Å². The Morgan fingerprint density at radius 2 is 1.83 bits per heavy atom. The molecule has 1 unspecified atom stereocenters. The molecule has 2 rings (SSSR count). The summed E-state index contributed by atoms with van der Waals surface area (Å²) in [6, 6.07) is 12.7. The number of aliphatic imine (C=N–C) groups is 1. The topological polar surface area (TPSA) is 53.6 Å². The van der Waals surface area contributed by atoms with Crippen molar-refractivity contribution in [1.29, 1.82) is 0 Å². The third-order valence-corrected chi connectivity index (χ3v) is 3.79. The maximum atomic E-state index is 13.5. The number of anilines is 1. The van der Waals surface area contributed by atoms with Gasteiger partial charge in [-0.1, -0.05) is 18.2 Å². The van der Waals surface area contributed by atoms with Gasteiger partial charge < -0.3 is 16.0 Å². The molecule has 5 heteroatoms. The lowest BCUT2D eigenvalue weighted by Crippen LogP contribution is -2.27. The number of aryl methyl sites for hydroxylation is 2. The highest BCUT2D eigenvalue weighted by atomic mass is 19.1. The predicted molar refractivity (Wildman–Crippen MR) is 98.9 cm³/mol. The molecule has 0 heterocycles. The minimum absolute atomic E-state index is 0.0414. The van der Waals surface area contributed by atoms with Gasteiger partial charge in [0, 0.05) is 5.69 Å². The third kappa shape index (κ3) is 5.06. The summed E-state index contributed by atoms with van der Waals surface area (Å²) in [5, 5.41) is 3.12. The average molecular weight is 328 g/mol. The van der Waals surface area contributed by atoms with E-state index in [0.29, 0.717) is 12.5 Å². The van der Waals surface area contributed by atoms with Crippen molar-refractivity contribution in [2.75, 3.05) is 26.0 Å². The molecule has 128 valence electrons. The van der Waals surface area contributed by atoms with E-state index in [1.54, 1.807) is 6.07 Å². The van der Waals surface area contributed by atoms with Crippen LogP contribution in [-0.4, -0.2) is 31.5 Å². The Labute approximate surface area is 143 Å². The minimum Gasteiger partial charge on any atom is -0.370 e. The summed E-state index contributed by atoms with van der Waals surface area (Å²) in [6.07, 6.45) is 0. The van der Waals surface area contributed by atoms with Crippen LogP contribution in [0.1, 0.15) is 22.7 Å². The Morgan fingerprint density at radius 3 is 2.42 bits per heavy atom. The predicted octanol–water partition coefficient (Wildman–Crippen LogP) is 3.47. The van der Waals surface area contributed by atoms with Gasteiger partial charge in [0.1, 0.15) is 5.82 Å². The molecule has 0 spiro atoms. The normalized spacial score (nSPS) is 13.2. The van der Waals surface area contributed by atoms with Crippen molar-refractivity contribution in [1.82, 2.24) is 4.90 Å². The van der Waals surface area contributed by atoms with Crippen molar-refractivity contribution in [3.05, 3.63) is 65.0 Å². The molecule has 0 radical (unpaired) electrons. The molecule has 24 heavy (non-hydrogen) atoms. The molecule has 0 aliphatic rings. The smallest absolute Gasteiger partial charge is 0.193 e. The Kier molecular flexibility index (Phi) is 5.93. The highest BCUT2D eigenvalue weighted by Crippen LogP contribution is 2.19. The van der Waals surface area contributed by atoms with Crippen LogP contribution in [0, 0.1) is 19.7 Å². The van der Waals surface area contributed by atoms with Gasteiger partial charge in [0.25, 0.3) is 0 Å². The summed E-state index contributed by atoms with van der Waals surface area (Å²) in [6.45, 7) is 4.52. The fraction of sp³-hybridized carbons (Fsp3) is 0.316. The van der Waals surface area contributed by atoms with Crippen LogP contribution >= 0.6 is 0 Å². The summed E-state index contributed by atoms with van der Waals surface area (Å²) >= 11 is 0. The second-order valence-electron chi connectivity index (χ2n) is 6.26. The van der Waals surface area contributed by atoms with E-state index in [2.05, 4.69) is 16.4 Å². The first-order valence-electron chi connectivity index (χ1n) is 7.92. The van der Waals surface area contributed by atoms with Crippen LogP contribution in [0.15, 0.2) is 47.5 Å². The molecular formula is C19H25FN4. The van der Waals surface area contributed by atoms with Crippen molar-refractivity contribution >= 4 is 11.6 Å². The van der Waals surface area contributed by atoms with E-state index in [1.165, 1.54) is 12.1 Å². The zero-order valence-corrected chi connectivity index (χ0v) is 14.7. The number of hydrogen-bond donors (Lipinski definition) is 2. The highest BCUT2D eigenvalue weighted by Gasteiger charge is 2.14. The van der Waals surface area contributed by atoms with E-state index in [4.69, 9.17) is 5.73 Å². The molecule has 0 fully saturated rings. The van der Waals surface area contributed by atoms with Gasteiger partial charge in [-0.05, 0) is 68.9 Å². The fourth-order valence-electron chi connectivity index (χ4n) is 2.70. The molecule has 0 aliphatic carbocycles. The zero-order chi connectivity index (χ0) is 17.7. The van der Waals surface area contributed by atoms with Gasteiger partial charge in [-0.25, -0.2) is 4.39 Å². The monoisotopic (exact) mass is 328 g/mol. The molecule has 0 bridgehead atoms. The van der Waals surface area contributed by atoms with Crippen LogP contribution < -0.4 is 11.1 Å². The summed E-state index contributed by atoms with van der Waals surface area (Å²) < 4.78 is 13.5. The molecule has 0 saturated heterocycles. The van der Waals surface area contributed by atoms with E-state index < -0.39 is 0 Å².